The van der Waals surface area contributed by atoms with Crippen molar-refractivity contribution < 1.29 is 27.1 Å². The molecule has 0 unspecified atom stereocenters. The van der Waals surface area contributed by atoms with E-state index in [-0.39, 0.29) is 12.1 Å². The molecule has 0 aliphatic carbocycles. The van der Waals surface area contributed by atoms with Crippen LogP contribution in [0.25, 0.3) is 11.3 Å². The maximum absolute atomic E-state index is 13.9. The highest BCUT2D eigenvalue weighted by Gasteiger charge is 2.20. The molecule has 0 spiro atoms. The number of sulfonamides is 1. The summed E-state index contributed by atoms with van der Waals surface area (Å²) >= 11 is 0. The number of nitrogens with one attached hydrogen (secondary N) is 3. The van der Waals surface area contributed by atoms with Gasteiger partial charge in [0, 0.05) is 23.9 Å². The second-order valence-electron chi connectivity index (χ2n) is 8.98. The topological polar surface area (TPSA) is 126 Å². The number of hydrazine groups is 1. The van der Waals surface area contributed by atoms with E-state index in [9.17, 15) is 22.4 Å². The third kappa shape index (κ3) is 7.33. The van der Waals surface area contributed by atoms with Gasteiger partial charge in [-0.15, -0.1) is 4.83 Å². The van der Waals surface area contributed by atoms with Crippen LogP contribution in [0.5, 0.6) is 0 Å². The lowest BCUT2D eigenvalue weighted by molar-refractivity contribution is 0.0523. The number of carbonyl (C=O) groups excluding carboxylic acids is 2. The summed E-state index contributed by atoms with van der Waals surface area (Å²) in [5, 5.41) is 2.68. The van der Waals surface area contributed by atoms with Gasteiger partial charge in [0.25, 0.3) is 15.9 Å². The summed E-state index contributed by atoms with van der Waals surface area (Å²) in [5.74, 6) is -1.67. The average molecular weight is 515 g/mol. The zero-order valence-electron chi connectivity index (χ0n) is 20.3. The van der Waals surface area contributed by atoms with E-state index in [0.717, 1.165) is 23.3 Å². The minimum absolute atomic E-state index is 0.167. The maximum Gasteiger partial charge on any atom is 0.407 e. The Hall–Kier alpha value is -3.83. The summed E-state index contributed by atoms with van der Waals surface area (Å²) in [5.41, 5.74) is 4.30. The van der Waals surface area contributed by atoms with Crippen molar-refractivity contribution in [1.82, 2.24) is 20.6 Å². The second kappa shape index (κ2) is 10.8. The second-order valence-corrected chi connectivity index (χ2v) is 10.6. The molecule has 36 heavy (non-hydrogen) atoms. The summed E-state index contributed by atoms with van der Waals surface area (Å²) in [7, 11) is -4.31. The molecular formula is C25H27FN4O5S. The molecule has 0 saturated carbocycles. The smallest absolute Gasteiger partial charge is 0.407 e. The number of halogens is 1. The van der Waals surface area contributed by atoms with Crippen LogP contribution in [0.1, 0.15) is 42.3 Å². The van der Waals surface area contributed by atoms with Crippen molar-refractivity contribution in [2.24, 2.45) is 0 Å². The Kier molecular flexibility index (Phi) is 8.06. The fourth-order valence-electron chi connectivity index (χ4n) is 3.20. The van der Waals surface area contributed by atoms with E-state index in [1.54, 1.807) is 58.2 Å². The lowest BCUT2D eigenvalue weighted by atomic mass is 10.0. The molecular weight excluding hydrogens is 487 g/mol. The number of benzene rings is 2. The maximum atomic E-state index is 13.9. The number of ether oxygens (including phenoxy) is 1. The Morgan fingerprint density at radius 2 is 1.78 bits per heavy atom. The van der Waals surface area contributed by atoms with Crippen LogP contribution in [0.2, 0.25) is 0 Å². The van der Waals surface area contributed by atoms with Gasteiger partial charge in [0.2, 0.25) is 0 Å². The molecule has 0 saturated heterocycles. The van der Waals surface area contributed by atoms with Crippen molar-refractivity contribution in [3.05, 3.63) is 83.3 Å². The van der Waals surface area contributed by atoms with Gasteiger partial charge in [0.1, 0.15) is 16.3 Å². The Morgan fingerprint density at radius 3 is 2.47 bits per heavy atom. The van der Waals surface area contributed by atoms with E-state index in [4.69, 9.17) is 4.74 Å². The van der Waals surface area contributed by atoms with Gasteiger partial charge in [-0.1, -0.05) is 12.1 Å². The Labute approximate surface area is 209 Å². The largest absolute Gasteiger partial charge is 0.444 e. The summed E-state index contributed by atoms with van der Waals surface area (Å²) < 4.78 is 43.8. The number of hydrogen-bond acceptors (Lipinski definition) is 6. The zero-order valence-corrected chi connectivity index (χ0v) is 21.1. The molecule has 0 aliphatic heterocycles. The third-order valence-corrected chi connectivity index (χ3v) is 6.00. The van der Waals surface area contributed by atoms with Crippen molar-refractivity contribution in [2.45, 2.75) is 44.7 Å². The first kappa shape index (κ1) is 26.8. The number of carbonyl (C=O) groups is 2. The molecule has 0 radical (unpaired) electrons. The number of pyridine rings is 1. The average Bonchev–Trinajstić information content (AvgIpc) is 2.80. The molecule has 0 atom stereocenters. The Balaban J connectivity index is 1.74. The van der Waals surface area contributed by atoms with Gasteiger partial charge < -0.3 is 10.1 Å². The third-order valence-electron chi connectivity index (χ3n) is 4.72. The van der Waals surface area contributed by atoms with Gasteiger partial charge in [-0.3, -0.25) is 15.2 Å². The van der Waals surface area contributed by atoms with Crippen molar-refractivity contribution in [1.29, 1.82) is 0 Å². The molecule has 1 aromatic heterocycles. The first-order valence-electron chi connectivity index (χ1n) is 10.9. The molecule has 9 nitrogen and oxygen atoms in total. The molecule has 0 bridgehead atoms. The summed E-state index contributed by atoms with van der Waals surface area (Å²) in [6, 6.07) is 13.3. The molecule has 3 rings (SSSR count). The quantitative estimate of drug-likeness (QED) is 0.411. The van der Waals surface area contributed by atoms with Crippen molar-refractivity contribution >= 4 is 22.0 Å². The molecule has 1 heterocycles. The molecule has 190 valence electrons. The van der Waals surface area contributed by atoms with E-state index in [1.807, 2.05) is 10.9 Å². The molecule has 3 aromatic rings. The van der Waals surface area contributed by atoms with Crippen molar-refractivity contribution in [2.75, 3.05) is 0 Å². The monoisotopic (exact) mass is 514 g/mol. The van der Waals surface area contributed by atoms with Gasteiger partial charge in [0.05, 0.1) is 5.69 Å². The lowest BCUT2D eigenvalue weighted by Crippen LogP contribution is -2.41. The Bertz CT molecular complexity index is 1390. The highest BCUT2D eigenvalue weighted by molar-refractivity contribution is 7.89. The van der Waals surface area contributed by atoms with Crippen LogP contribution in [0.4, 0.5) is 9.18 Å². The van der Waals surface area contributed by atoms with Crippen LogP contribution >= 0.6 is 0 Å². The highest BCUT2D eigenvalue weighted by Crippen LogP contribution is 2.22. The molecule has 2 aromatic carbocycles. The fourth-order valence-corrected chi connectivity index (χ4v) is 4.12. The van der Waals surface area contributed by atoms with Gasteiger partial charge in [0.15, 0.2) is 0 Å². The van der Waals surface area contributed by atoms with E-state index >= 15 is 0 Å². The first-order valence-corrected chi connectivity index (χ1v) is 12.4. The predicted octanol–water partition coefficient (Wildman–Crippen LogP) is 3.84. The molecule has 0 aliphatic rings. The lowest BCUT2D eigenvalue weighted by Gasteiger charge is -2.19. The number of alkyl carbamates (subject to hydrolysis) is 1. The minimum atomic E-state index is -4.31. The van der Waals surface area contributed by atoms with E-state index in [1.165, 1.54) is 12.1 Å². The van der Waals surface area contributed by atoms with Gasteiger partial charge in [-0.25, -0.2) is 17.6 Å². The normalized spacial score (nSPS) is 11.6. The van der Waals surface area contributed by atoms with E-state index < -0.39 is 38.3 Å². The Morgan fingerprint density at radius 1 is 1.06 bits per heavy atom. The molecule has 3 N–H and O–H groups in total. The molecule has 2 amide bonds. The van der Waals surface area contributed by atoms with Crippen LogP contribution in [-0.2, 0) is 21.3 Å². The van der Waals surface area contributed by atoms with Crippen LogP contribution in [0.3, 0.4) is 0 Å². The van der Waals surface area contributed by atoms with Crippen molar-refractivity contribution in [3.8, 4) is 11.3 Å². The number of aromatic nitrogens is 1. The fraction of sp³-hybridized carbons (Fsp3) is 0.240. The zero-order chi connectivity index (χ0) is 26.5. The van der Waals surface area contributed by atoms with E-state index in [0.29, 0.717) is 11.3 Å². The number of rotatable bonds is 7. The number of hydrogen-bond donors (Lipinski definition) is 3. The SMILES string of the molecule is Cc1cc(C(=O)NNS(=O)(=O)c2ccccc2F)cc(-c2cc(CNC(=O)OC(C)(C)C)ccn2)c1. The molecule has 11 heteroatoms. The van der Waals surface area contributed by atoms with Crippen LogP contribution in [-0.4, -0.2) is 31.0 Å². The van der Waals surface area contributed by atoms with Crippen LogP contribution in [0, 0.1) is 12.7 Å². The van der Waals surface area contributed by atoms with Gasteiger partial charge >= 0.3 is 6.09 Å². The minimum Gasteiger partial charge on any atom is -0.444 e. The standard InChI is InChI=1S/C25H27FN4O5S/c1-16-11-18(21-13-17(9-10-27-21)15-28-24(32)35-25(2,3)4)14-19(12-16)23(31)29-30-36(33,34)22-8-6-5-7-20(22)26/h5-14,30H,15H2,1-4H3,(H,28,32)(H,29,31). The first-order chi connectivity index (χ1) is 16.8. The van der Waals surface area contributed by atoms with Crippen LogP contribution < -0.4 is 15.6 Å². The number of aryl methyl sites for hydroxylation is 1. The number of nitrogens with zero attached hydrogens (tertiary/aromatic N) is 1. The molecule has 0 fully saturated rings. The van der Waals surface area contributed by atoms with E-state index in [2.05, 4.69) is 15.7 Å². The summed E-state index contributed by atoms with van der Waals surface area (Å²) in [6.45, 7) is 7.30. The van der Waals surface area contributed by atoms with Gasteiger partial charge in [-0.05, 0) is 81.3 Å². The summed E-state index contributed by atoms with van der Waals surface area (Å²) in [4.78, 5) is 30.3. The number of amides is 2. The highest BCUT2D eigenvalue weighted by atomic mass is 32.2. The predicted molar refractivity (Wildman–Crippen MR) is 132 cm³/mol. The van der Waals surface area contributed by atoms with Crippen molar-refractivity contribution in [3.63, 3.8) is 0 Å². The van der Waals surface area contributed by atoms with Crippen LogP contribution in [0.15, 0.2) is 65.7 Å². The van der Waals surface area contributed by atoms with Gasteiger partial charge in [-0.2, -0.15) is 0 Å². The summed E-state index contributed by atoms with van der Waals surface area (Å²) in [6.07, 6.45) is 1.03.